The summed E-state index contributed by atoms with van der Waals surface area (Å²) in [4.78, 5) is 12.6. The maximum Gasteiger partial charge on any atom is 0.160 e. The Morgan fingerprint density at radius 3 is 1.65 bits per heavy atom. The fourth-order valence-electron chi connectivity index (χ4n) is 7.43. The molecule has 54 heavy (non-hydrogen) atoms. The third-order valence-corrected chi connectivity index (χ3v) is 10.0. The highest BCUT2D eigenvalue weighted by atomic mass is 16.3. The fraction of sp³-hybridized carbons (Fsp3) is 0. The van der Waals surface area contributed by atoms with Crippen molar-refractivity contribution in [2.45, 2.75) is 0 Å². The lowest BCUT2D eigenvalue weighted by molar-refractivity contribution is 0.669. The number of para-hydroxylation sites is 2. The first kappa shape index (κ1) is 31.4. The summed E-state index contributed by atoms with van der Waals surface area (Å²) >= 11 is 0. The second-order valence-corrected chi connectivity index (χ2v) is 13.4. The van der Waals surface area contributed by atoms with E-state index >= 15 is 0 Å². The third kappa shape index (κ3) is 5.76. The minimum Gasteiger partial charge on any atom is -0.456 e. The molecule has 0 N–H and O–H groups in total. The Labute approximate surface area is 313 Å². The largest absolute Gasteiger partial charge is 0.456 e. The van der Waals surface area contributed by atoms with E-state index in [2.05, 4.69) is 157 Å². The van der Waals surface area contributed by atoms with Gasteiger partial charge in [0, 0.05) is 44.5 Å². The molecule has 0 atom stereocenters. The number of anilines is 3. The molecule has 0 unspecified atom stereocenters. The van der Waals surface area contributed by atoms with E-state index in [0.29, 0.717) is 5.82 Å². The zero-order valence-electron chi connectivity index (χ0n) is 29.3. The van der Waals surface area contributed by atoms with Gasteiger partial charge >= 0.3 is 0 Å². The van der Waals surface area contributed by atoms with Gasteiger partial charge in [-0.25, -0.2) is 9.97 Å². The molecule has 0 aliphatic rings. The Kier molecular flexibility index (Phi) is 7.77. The van der Waals surface area contributed by atoms with Crippen molar-refractivity contribution in [3.05, 3.63) is 200 Å². The molecule has 254 valence electrons. The average Bonchev–Trinajstić information content (AvgIpc) is 3.63. The van der Waals surface area contributed by atoms with Gasteiger partial charge in [-0.2, -0.15) is 0 Å². The number of furan rings is 1. The van der Waals surface area contributed by atoms with E-state index in [1.807, 2.05) is 48.5 Å². The predicted molar refractivity (Wildman–Crippen MR) is 223 cm³/mol. The van der Waals surface area contributed by atoms with Crippen molar-refractivity contribution in [1.29, 1.82) is 0 Å². The maximum atomic E-state index is 6.56. The molecule has 8 aromatic carbocycles. The lowest BCUT2D eigenvalue weighted by Gasteiger charge is -2.26. The van der Waals surface area contributed by atoms with Crippen LogP contribution in [0.15, 0.2) is 205 Å². The molecule has 2 aromatic heterocycles. The van der Waals surface area contributed by atoms with Crippen LogP contribution in [-0.4, -0.2) is 9.97 Å². The van der Waals surface area contributed by atoms with E-state index in [0.717, 1.165) is 78.2 Å². The first-order chi connectivity index (χ1) is 26.7. The summed E-state index contributed by atoms with van der Waals surface area (Å²) in [6.07, 6.45) is 0. The lowest BCUT2D eigenvalue weighted by Crippen LogP contribution is -2.09. The van der Waals surface area contributed by atoms with Gasteiger partial charge in [-0.3, -0.25) is 0 Å². The van der Waals surface area contributed by atoms with Crippen LogP contribution in [0.25, 0.3) is 77.7 Å². The smallest absolute Gasteiger partial charge is 0.160 e. The number of aromatic nitrogens is 2. The minimum absolute atomic E-state index is 0.641. The Bertz CT molecular complexity index is 2860. The van der Waals surface area contributed by atoms with E-state index < -0.39 is 0 Å². The van der Waals surface area contributed by atoms with Gasteiger partial charge in [-0.05, 0) is 82.6 Å². The highest BCUT2D eigenvalue weighted by Gasteiger charge is 2.19. The molecule has 0 saturated heterocycles. The Balaban J connectivity index is 1.14. The second-order valence-electron chi connectivity index (χ2n) is 13.4. The number of fused-ring (bicyclic) bond motifs is 4. The van der Waals surface area contributed by atoms with E-state index in [-0.39, 0.29) is 0 Å². The molecule has 0 spiro atoms. The van der Waals surface area contributed by atoms with Gasteiger partial charge in [-0.1, -0.05) is 140 Å². The summed E-state index contributed by atoms with van der Waals surface area (Å²) in [5, 5.41) is 4.56. The van der Waals surface area contributed by atoms with Crippen LogP contribution in [0.5, 0.6) is 0 Å². The molecule has 2 heterocycles. The Hall–Kier alpha value is -7.30. The number of benzene rings is 8. The van der Waals surface area contributed by atoms with Gasteiger partial charge in [0.25, 0.3) is 0 Å². The molecule has 0 bridgehead atoms. The summed E-state index contributed by atoms with van der Waals surface area (Å²) in [5.74, 6) is 0.641. The quantitative estimate of drug-likeness (QED) is 0.167. The van der Waals surface area contributed by atoms with Crippen LogP contribution in [-0.2, 0) is 0 Å². The minimum atomic E-state index is 0.641. The standard InChI is InChI=1S/C50H33N3O/c1-4-15-36(16-5-1)45-33-46(37-17-6-2-7-18-37)52-50(51-45)39-31-44(49-43-22-12-13-23-47(43)54-48(49)32-39)35-25-27-41(28-26-35)53(40-20-8-3-9-21-40)42-29-24-34-14-10-11-19-38(34)30-42/h1-33H. The first-order valence-corrected chi connectivity index (χ1v) is 18.2. The van der Waals surface area contributed by atoms with Crippen molar-refractivity contribution in [3.8, 4) is 45.0 Å². The zero-order valence-corrected chi connectivity index (χ0v) is 29.3. The van der Waals surface area contributed by atoms with Crippen molar-refractivity contribution in [1.82, 2.24) is 9.97 Å². The van der Waals surface area contributed by atoms with Crippen LogP contribution in [0, 0.1) is 0 Å². The molecule has 4 heteroatoms. The number of nitrogens with zero attached hydrogens (tertiary/aromatic N) is 3. The van der Waals surface area contributed by atoms with Gasteiger partial charge in [0.1, 0.15) is 11.2 Å². The monoisotopic (exact) mass is 691 g/mol. The van der Waals surface area contributed by atoms with Crippen LogP contribution >= 0.6 is 0 Å². The van der Waals surface area contributed by atoms with E-state index in [4.69, 9.17) is 14.4 Å². The SMILES string of the molecule is c1ccc(-c2cc(-c3ccccc3)nc(-c3cc(-c4ccc(N(c5ccccc5)c5ccc6ccccc6c5)cc4)c4c(c3)oc3ccccc34)n2)cc1. The van der Waals surface area contributed by atoms with Crippen molar-refractivity contribution in [2.75, 3.05) is 4.90 Å². The molecule has 4 nitrogen and oxygen atoms in total. The van der Waals surface area contributed by atoms with Crippen molar-refractivity contribution < 1.29 is 4.42 Å². The van der Waals surface area contributed by atoms with Gasteiger partial charge in [0.15, 0.2) is 5.82 Å². The number of rotatable bonds is 7. The van der Waals surface area contributed by atoms with Crippen LogP contribution in [0.2, 0.25) is 0 Å². The summed E-state index contributed by atoms with van der Waals surface area (Å²) in [6, 6.07) is 69.7. The predicted octanol–water partition coefficient (Wildman–Crippen LogP) is 13.7. The molecule has 0 fully saturated rings. The summed E-state index contributed by atoms with van der Waals surface area (Å²) < 4.78 is 6.56. The lowest BCUT2D eigenvalue weighted by atomic mass is 9.96. The highest BCUT2D eigenvalue weighted by molar-refractivity contribution is 6.13. The number of hydrogen-bond acceptors (Lipinski definition) is 4. The summed E-state index contributed by atoms with van der Waals surface area (Å²) in [7, 11) is 0. The second kappa shape index (κ2) is 13.4. The molecular weight excluding hydrogens is 659 g/mol. The van der Waals surface area contributed by atoms with Gasteiger partial charge in [0.05, 0.1) is 11.4 Å². The first-order valence-electron chi connectivity index (χ1n) is 18.2. The molecule has 10 rings (SSSR count). The fourth-order valence-corrected chi connectivity index (χ4v) is 7.43. The molecule has 10 aromatic rings. The average molecular weight is 692 g/mol. The van der Waals surface area contributed by atoms with Crippen LogP contribution < -0.4 is 4.90 Å². The van der Waals surface area contributed by atoms with Crippen molar-refractivity contribution >= 4 is 49.8 Å². The van der Waals surface area contributed by atoms with Crippen molar-refractivity contribution in [2.24, 2.45) is 0 Å². The molecule has 0 amide bonds. The Morgan fingerprint density at radius 2 is 0.944 bits per heavy atom. The Morgan fingerprint density at radius 1 is 0.370 bits per heavy atom. The highest BCUT2D eigenvalue weighted by Crippen LogP contribution is 2.42. The third-order valence-electron chi connectivity index (χ3n) is 10.0. The number of hydrogen-bond donors (Lipinski definition) is 0. The van der Waals surface area contributed by atoms with E-state index in [1.165, 1.54) is 10.8 Å². The zero-order chi connectivity index (χ0) is 35.8. The van der Waals surface area contributed by atoms with Crippen LogP contribution in [0.4, 0.5) is 17.1 Å². The maximum absolute atomic E-state index is 6.56. The molecule has 0 radical (unpaired) electrons. The van der Waals surface area contributed by atoms with Crippen LogP contribution in [0.3, 0.4) is 0 Å². The topological polar surface area (TPSA) is 42.2 Å². The summed E-state index contributed by atoms with van der Waals surface area (Å²) in [5.41, 5.74) is 11.7. The molecule has 0 saturated carbocycles. The van der Waals surface area contributed by atoms with E-state index in [9.17, 15) is 0 Å². The van der Waals surface area contributed by atoms with E-state index in [1.54, 1.807) is 0 Å². The molecule has 0 aliphatic carbocycles. The van der Waals surface area contributed by atoms with Crippen LogP contribution in [0.1, 0.15) is 0 Å². The molecule has 0 aliphatic heterocycles. The summed E-state index contributed by atoms with van der Waals surface area (Å²) in [6.45, 7) is 0. The van der Waals surface area contributed by atoms with Gasteiger partial charge in [-0.15, -0.1) is 0 Å². The molecular formula is C50H33N3O. The van der Waals surface area contributed by atoms with Crippen molar-refractivity contribution in [3.63, 3.8) is 0 Å². The van der Waals surface area contributed by atoms with Gasteiger partial charge in [0.2, 0.25) is 0 Å². The normalized spacial score (nSPS) is 11.3. The van der Waals surface area contributed by atoms with Gasteiger partial charge < -0.3 is 9.32 Å².